The van der Waals surface area contributed by atoms with Crippen LogP contribution >= 0.6 is 0 Å². The lowest BCUT2D eigenvalue weighted by atomic mass is 10.3. The normalized spacial score (nSPS) is 19.5. The van der Waals surface area contributed by atoms with E-state index in [1.807, 2.05) is 0 Å². The van der Waals surface area contributed by atoms with Crippen molar-refractivity contribution >= 4 is 5.97 Å². The van der Waals surface area contributed by atoms with E-state index in [0.717, 1.165) is 6.54 Å². The topological polar surface area (TPSA) is 38.3 Å². The SMILES string of the molecule is COC(=O)CCNC1(C)CC1. The highest BCUT2D eigenvalue weighted by molar-refractivity contribution is 5.69. The lowest BCUT2D eigenvalue weighted by Gasteiger charge is -2.09. The molecule has 0 unspecified atom stereocenters. The van der Waals surface area contributed by atoms with Gasteiger partial charge in [-0.3, -0.25) is 4.79 Å². The monoisotopic (exact) mass is 157 g/mol. The molecule has 0 amide bonds. The van der Waals surface area contributed by atoms with E-state index < -0.39 is 0 Å². The summed E-state index contributed by atoms with van der Waals surface area (Å²) in [7, 11) is 1.42. The average Bonchev–Trinajstić information content (AvgIpc) is 2.68. The first-order valence-electron chi connectivity index (χ1n) is 3.98. The van der Waals surface area contributed by atoms with E-state index >= 15 is 0 Å². The molecule has 0 heterocycles. The second-order valence-corrected chi connectivity index (χ2v) is 3.31. The molecule has 1 saturated carbocycles. The van der Waals surface area contributed by atoms with Gasteiger partial charge in [0.25, 0.3) is 0 Å². The number of carbonyl (C=O) groups excluding carboxylic acids is 1. The molecule has 1 fully saturated rings. The van der Waals surface area contributed by atoms with Gasteiger partial charge in [-0.2, -0.15) is 0 Å². The predicted octanol–water partition coefficient (Wildman–Crippen LogP) is 0.692. The summed E-state index contributed by atoms with van der Waals surface area (Å²) in [5.41, 5.74) is 0.327. The number of ether oxygens (including phenoxy) is 1. The van der Waals surface area contributed by atoms with E-state index in [2.05, 4.69) is 17.0 Å². The van der Waals surface area contributed by atoms with Crippen molar-refractivity contribution in [2.24, 2.45) is 0 Å². The standard InChI is InChI=1S/C8H15NO2/c1-8(4-5-8)9-6-3-7(10)11-2/h9H,3-6H2,1-2H3. The van der Waals surface area contributed by atoms with Crippen molar-refractivity contribution in [2.75, 3.05) is 13.7 Å². The molecular weight excluding hydrogens is 142 g/mol. The molecule has 1 rings (SSSR count). The van der Waals surface area contributed by atoms with Crippen LogP contribution < -0.4 is 5.32 Å². The summed E-state index contributed by atoms with van der Waals surface area (Å²) in [4.78, 5) is 10.7. The van der Waals surface area contributed by atoms with Gasteiger partial charge in [0.2, 0.25) is 0 Å². The van der Waals surface area contributed by atoms with Gasteiger partial charge in [-0.05, 0) is 19.8 Å². The quantitative estimate of drug-likeness (QED) is 0.610. The highest BCUT2D eigenvalue weighted by atomic mass is 16.5. The van der Waals surface area contributed by atoms with Gasteiger partial charge in [0.05, 0.1) is 13.5 Å². The molecule has 0 saturated heterocycles. The maximum absolute atomic E-state index is 10.7. The Bertz CT molecular complexity index is 152. The van der Waals surface area contributed by atoms with Gasteiger partial charge in [0.15, 0.2) is 0 Å². The van der Waals surface area contributed by atoms with Crippen LogP contribution in [0.15, 0.2) is 0 Å². The summed E-state index contributed by atoms with van der Waals surface area (Å²) in [6.45, 7) is 2.91. The molecule has 0 atom stereocenters. The molecule has 3 nitrogen and oxygen atoms in total. The van der Waals surface area contributed by atoms with Crippen molar-refractivity contribution in [3.63, 3.8) is 0 Å². The Morgan fingerprint density at radius 3 is 2.73 bits per heavy atom. The molecule has 1 aliphatic carbocycles. The summed E-state index contributed by atoms with van der Waals surface area (Å²) in [6.07, 6.45) is 2.94. The van der Waals surface area contributed by atoms with E-state index in [-0.39, 0.29) is 5.97 Å². The van der Waals surface area contributed by atoms with Crippen molar-refractivity contribution in [3.8, 4) is 0 Å². The molecular formula is C8H15NO2. The highest BCUT2D eigenvalue weighted by Crippen LogP contribution is 2.33. The first-order chi connectivity index (χ1) is 5.16. The molecule has 0 spiro atoms. The van der Waals surface area contributed by atoms with Crippen LogP contribution in [0.4, 0.5) is 0 Å². The Kier molecular flexibility index (Phi) is 2.49. The fourth-order valence-corrected chi connectivity index (χ4v) is 0.933. The van der Waals surface area contributed by atoms with Crippen molar-refractivity contribution in [1.29, 1.82) is 0 Å². The molecule has 64 valence electrons. The first kappa shape index (κ1) is 8.53. The summed E-state index contributed by atoms with van der Waals surface area (Å²) in [6, 6.07) is 0. The molecule has 11 heavy (non-hydrogen) atoms. The second-order valence-electron chi connectivity index (χ2n) is 3.31. The second kappa shape index (κ2) is 3.22. The zero-order valence-electron chi connectivity index (χ0n) is 7.14. The lowest BCUT2D eigenvalue weighted by molar-refractivity contribution is -0.140. The summed E-state index contributed by atoms with van der Waals surface area (Å²) in [5, 5.41) is 3.30. The Labute approximate surface area is 67.1 Å². The number of hydrogen-bond acceptors (Lipinski definition) is 3. The summed E-state index contributed by atoms with van der Waals surface area (Å²) in [5.74, 6) is -0.137. The van der Waals surface area contributed by atoms with E-state index in [9.17, 15) is 4.79 Å². The summed E-state index contributed by atoms with van der Waals surface area (Å²) < 4.78 is 4.51. The molecule has 0 aromatic heterocycles. The van der Waals surface area contributed by atoms with Crippen molar-refractivity contribution < 1.29 is 9.53 Å². The highest BCUT2D eigenvalue weighted by Gasteiger charge is 2.36. The van der Waals surface area contributed by atoms with Crippen LogP contribution in [0.3, 0.4) is 0 Å². The number of nitrogens with one attached hydrogen (secondary N) is 1. The Morgan fingerprint density at radius 2 is 2.27 bits per heavy atom. The maximum atomic E-state index is 10.7. The van der Waals surface area contributed by atoms with Gasteiger partial charge in [0, 0.05) is 12.1 Å². The molecule has 0 aromatic carbocycles. The van der Waals surface area contributed by atoms with Crippen LogP contribution in [0.25, 0.3) is 0 Å². The Hall–Kier alpha value is -0.570. The molecule has 0 aromatic rings. The van der Waals surface area contributed by atoms with E-state index in [1.165, 1.54) is 20.0 Å². The molecule has 0 radical (unpaired) electrons. The van der Waals surface area contributed by atoms with Crippen molar-refractivity contribution in [3.05, 3.63) is 0 Å². The van der Waals surface area contributed by atoms with Crippen LogP contribution in [0, 0.1) is 0 Å². The number of esters is 1. The van der Waals surface area contributed by atoms with Crippen LogP contribution in [0.1, 0.15) is 26.2 Å². The third-order valence-corrected chi connectivity index (χ3v) is 2.11. The fourth-order valence-electron chi connectivity index (χ4n) is 0.933. The van der Waals surface area contributed by atoms with Crippen molar-refractivity contribution in [2.45, 2.75) is 31.7 Å². The smallest absolute Gasteiger partial charge is 0.306 e. The van der Waals surface area contributed by atoms with Gasteiger partial charge in [-0.25, -0.2) is 0 Å². The number of carbonyl (C=O) groups is 1. The van der Waals surface area contributed by atoms with Crippen LogP contribution in [-0.2, 0) is 9.53 Å². The summed E-state index contributed by atoms with van der Waals surface area (Å²) >= 11 is 0. The number of methoxy groups -OCH3 is 1. The van der Waals surface area contributed by atoms with Gasteiger partial charge in [-0.15, -0.1) is 0 Å². The zero-order chi connectivity index (χ0) is 8.32. The van der Waals surface area contributed by atoms with E-state index in [4.69, 9.17) is 0 Å². The minimum atomic E-state index is -0.137. The van der Waals surface area contributed by atoms with Crippen molar-refractivity contribution in [1.82, 2.24) is 5.32 Å². The third-order valence-electron chi connectivity index (χ3n) is 2.11. The zero-order valence-corrected chi connectivity index (χ0v) is 7.14. The van der Waals surface area contributed by atoms with Gasteiger partial charge < -0.3 is 10.1 Å². The maximum Gasteiger partial charge on any atom is 0.306 e. The Morgan fingerprint density at radius 1 is 1.64 bits per heavy atom. The van der Waals surface area contributed by atoms with Crippen LogP contribution in [0.2, 0.25) is 0 Å². The van der Waals surface area contributed by atoms with Gasteiger partial charge >= 0.3 is 5.97 Å². The van der Waals surface area contributed by atoms with E-state index in [0.29, 0.717) is 12.0 Å². The van der Waals surface area contributed by atoms with Gasteiger partial charge in [-0.1, -0.05) is 0 Å². The first-order valence-corrected chi connectivity index (χ1v) is 3.98. The fraction of sp³-hybridized carbons (Fsp3) is 0.875. The van der Waals surface area contributed by atoms with E-state index in [1.54, 1.807) is 0 Å². The number of rotatable bonds is 4. The lowest BCUT2D eigenvalue weighted by Crippen LogP contribution is -2.30. The molecule has 1 N–H and O–H groups in total. The molecule has 1 aliphatic rings. The minimum Gasteiger partial charge on any atom is -0.469 e. The van der Waals surface area contributed by atoms with Gasteiger partial charge in [0.1, 0.15) is 0 Å². The van der Waals surface area contributed by atoms with Crippen LogP contribution in [-0.4, -0.2) is 25.2 Å². The molecule has 0 aliphatic heterocycles. The van der Waals surface area contributed by atoms with Crippen LogP contribution in [0.5, 0.6) is 0 Å². The average molecular weight is 157 g/mol. The third kappa shape index (κ3) is 2.89. The molecule has 0 bridgehead atoms. The molecule has 3 heteroatoms. The largest absolute Gasteiger partial charge is 0.469 e. The Balaban J connectivity index is 2.00. The minimum absolute atomic E-state index is 0.137. The predicted molar refractivity (Wildman–Crippen MR) is 42.3 cm³/mol. The number of hydrogen-bond donors (Lipinski definition) is 1.